The first-order valence-electron chi connectivity index (χ1n) is 6.16. The minimum absolute atomic E-state index is 0.0234. The highest BCUT2D eigenvalue weighted by Crippen LogP contribution is 2.28. The molecule has 0 unspecified atom stereocenters. The van der Waals surface area contributed by atoms with Gasteiger partial charge < -0.3 is 20.1 Å². The molecule has 1 aromatic heterocycles. The number of hydrogen-bond acceptors (Lipinski definition) is 3. The quantitative estimate of drug-likeness (QED) is 0.762. The molecule has 0 radical (unpaired) electrons. The first-order chi connectivity index (χ1) is 9.15. The molecule has 1 amide bonds. The van der Waals surface area contributed by atoms with Gasteiger partial charge in [0.15, 0.2) is 0 Å². The van der Waals surface area contributed by atoms with Crippen LogP contribution in [0.3, 0.4) is 0 Å². The summed E-state index contributed by atoms with van der Waals surface area (Å²) < 4.78 is 5.21. The van der Waals surface area contributed by atoms with Gasteiger partial charge >= 0.3 is 0 Å². The molecule has 1 heterocycles. The van der Waals surface area contributed by atoms with E-state index >= 15 is 0 Å². The Morgan fingerprint density at radius 1 is 1.53 bits per heavy atom. The predicted molar refractivity (Wildman–Crippen MR) is 73.4 cm³/mol. The number of ether oxygens (including phenoxy) is 1. The Bertz CT molecular complexity index is 577. The molecule has 1 atom stereocenters. The molecule has 2 rings (SSSR count). The fraction of sp³-hybridized carbons (Fsp3) is 0.357. The molecule has 0 fully saturated rings. The molecule has 0 aliphatic carbocycles. The maximum atomic E-state index is 11.0. The molecule has 102 valence electrons. The zero-order valence-corrected chi connectivity index (χ0v) is 11.1. The fourth-order valence-corrected chi connectivity index (χ4v) is 2.13. The molecular weight excluding hydrogens is 244 g/mol. The molecule has 3 N–H and O–H groups in total. The highest BCUT2D eigenvalue weighted by atomic mass is 16.5. The number of benzene rings is 1. The van der Waals surface area contributed by atoms with Crippen molar-refractivity contribution in [3.05, 3.63) is 30.0 Å². The molecule has 0 spiro atoms. The second-order valence-electron chi connectivity index (χ2n) is 4.47. The standard InChI is InChI=1S/C14H18N2O3/c1-9(18)15-6-10(8-17)13-7-16-14-4-3-11(19-2)5-12(13)14/h3-5,7,10,16-17H,6,8H2,1-2H3,(H,15,18)/t10-/m1/s1. The highest BCUT2D eigenvalue weighted by molar-refractivity contribution is 5.85. The predicted octanol–water partition coefficient (Wildman–Crippen LogP) is 1.39. The molecule has 19 heavy (non-hydrogen) atoms. The Morgan fingerprint density at radius 2 is 2.32 bits per heavy atom. The number of aromatic amines is 1. The number of amides is 1. The number of rotatable bonds is 5. The summed E-state index contributed by atoms with van der Waals surface area (Å²) in [5.74, 6) is 0.533. The van der Waals surface area contributed by atoms with E-state index in [1.54, 1.807) is 7.11 Å². The van der Waals surface area contributed by atoms with Gasteiger partial charge in [-0.1, -0.05) is 0 Å². The van der Waals surface area contributed by atoms with Crippen LogP contribution in [0.1, 0.15) is 18.4 Å². The number of hydrogen-bond donors (Lipinski definition) is 3. The molecule has 2 aromatic rings. The number of aromatic nitrogens is 1. The van der Waals surface area contributed by atoms with E-state index in [2.05, 4.69) is 10.3 Å². The van der Waals surface area contributed by atoms with E-state index in [9.17, 15) is 9.90 Å². The van der Waals surface area contributed by atoms with Crippen LogP contribution in [-0.4, -0.2) is 36.3 Å². The van der Waals surface area contributed by atoms with Crippen LogP contribution >= 0.6 is 0 Å². The van der Waals surface area contributed by atoms with Crippen molar-refractivity contribution in [1.29, 1.82) is 0 Å². The van der Waals surface area contributed by atoms with E-state index in [1.807, 2.05) is 24.4 Å². The lowest BCUT2D eigenvalue weighted by atomic mass is 9.99. The van der Waals surface area contributed by atoms with Crippen LogP contribution < -0.4 is 10.1 Å². The van der Waals surface area contributed by atoms with Crippen LogP contribution in [0.2, 0.25) is 0 Å². The van der Waals surface area contributed by atoms with Gasteiger partial charge in [0.1, 0.15) is 5.75 Å². The second-order valence-corrected chi connectivity index (χ2v) is 4.47. The SMILES string of the molecule is COc1ccc2[nH]cc([C@@H](CO)CNC(C)=O)c2c1. The zero-order chi connectivity index (χ0) is 13.8. The Morgan fingerprint density at radius 3 is 2.95 bits per heavy atom. The van der Waals surface area contributed by atoms with Gasteiger partial charge in [-0.25, -0.2) is 0 Å². The fourth-order valence-electron chi connectivity index (χ4n) is 2.13. The van der Waals surface area contributed by atoms with E-state index in [0.29, 0.717) is 6.54 Å². The molecule has 0 saturated carbocycles. The van der Waals surface area contributed by atoms with E-state index in [-0.39, 0.29) is 18.4 Å². The number of aliphatic hydroxyl groups is 1. The van der Waals surface area contributed by atoms with Crippen molar-refractivity contribution in [2.75, 3.05) is 20.3 Å². The number of nitrogens with one attached hydrogen (secondary N) is 2. The summed E-state index contributed by atoms with van der Waals surface area (Å²) in [4.78, 5) is 14.1. The van der Waals surface area contributed by atoms with Crippen molar-refractivity contribution >= 4 is 16.8 Å². The van der Waals surface area contributed by atoms with Gasteiger partial charge in [-0.3, -0.25) is 4.79 Å². The van der Waals surface area contributed by atoms with Crippen LogP contribution in [0.15, 0.2) is 24.4 Å². The highest BCUT2D eigenvalue weighted by Gasteiger charge is 2.16. The first-order valence-corrected chi connectivity index (χ1v) is 6.16. The maximum Gasteiger partial charge on any atom is 0.216 e. The van der Waals surface area contributed by atoms with Gasteiger partial charge in [-0.05, 0) is 23.8 Å². The van der Waals surface area contributed by atoms with Crippen LogP contribution in [0, 0.1) is 0 Å². The van der Waals surface area contributed by atoms with Crippen LogP contribution in [-0.2, 0) is 4.79 Å². The summed E-state index contributed by atoms with van der Waals surface area (Å²) in [5.41, 5.74) is 1.96. The summed E-state index contributed by atoms with van der Waals surface area (Å²) >= 11 is 0. The lowest BCUT2D eigenvalue weighted by Crippen LogP contribution is -2.27. The number of aliphatic hydroxyl groups excluding tert-OH is 1. The number of fused-ring (bicyclic) bond motifs is 1. The van der Waals surface area contributed by atoms with Gasteiger partial charge in [0.2, 0.25) is 5.91 Å². The second kappa shape index (κ2) is 5.75. The Labute approximate surface area is 111 Å². The third-order valence-electron chi connectivity index (χ3n) is 3.18. The molecule has 0 bridgehead atoms. The van der Waals surface area contributed by atoms with Crippen molar-refractivity contribution in [2.45, 2.75) is 12.8 Å². The number of H-pyrrole nitrogens is 1. The first kappa shape index (κ1) is 13.4. The average Bonchev–Trinajstić information content (AvgIpc) is 2.82. The van der Waals surface area contributed by atoms with E-state index in [0.717, 1.165) is 22.2 Å². The normalized spacial score (nSPS) is 12.4. The maximum absolute atomic E-state index is 11.0. The van der Waals surface area contributed by atoms with Gasteiger partial charge in [0.05, 0.1) is 13.7 Å². The number of methoxy groups -OCH3 is 1. The lowest BCUT2D eigenvalue weighted by molar-refractivity contribution is -0.119. The minimum atomic E-state index is -0.134. The van der Waals surface area contributed by atoms with Gasteiger partial charge in [-0.15, -0.1) is 0 Å². The Kier molecular flexibility index (Phi) is 4.06. The third-order valence-corrected chi connectivity index (χ3v) is 3.18. The van der Waals surface area contributed by atoms with Crippen molar-refractivity contribution in [3.63, 3.8) is 0 Å². The summed E-state index contributed by atoms with van der Waals surface area (Å²) in [6.45, 7) is 1.85. The van der Waals surface area contributed by atoms with E-state index in [4.69, 9.17) is 4.74 Å². The van der Waals surface area contributed by atoms with Crippen molar-refractivity contribution < 1.29 is 14.6 Å². The minimum Gasteiger partial charge on any atom is -0.497 e. The van der Waals surface area contributed by atoms with Crippen LogP contribution in [0.5, 0.6) is 5.75 Å². The smallest absolute Gasteiger partial charge is 0.216 e. The van der Waals surface area contributed by atoms with E-state index in [1.165, 1.54) is 6.92 Å². The number of carbonyl (C=O) groups is 1. The van der Waals surface area contributed by atoms with Crippen molar-refractivity contribution in [1.82, 2.24) is 10.3 Å². The summed E-state index contributed by atoms with van der Waals surface area (Å²) in [5, 5.41) is 13.2. The molecule has 5 nitrogen and oxygen atoms in total. The molecule has 0 aliphatic heterocycles. The zero-order valence-electron chi connectivity index (χ0n) is 11.1. The molecule has 0 aliphatic rings. The van der Waals surface area contributed by atoms with Gasteiger partial charge in [-0.2, -0.15) is 0 Å². The lowest BCUT2D eigenvalue weighted by Gasteiger charge is -2.14. The van der Waals surface area contributed by atoms with Gasteiger partial charge in [0.25, 0.3) is 0 Å². The molecule has 1 aromatic carbocycles. The summed E-state index contributed by atoms with van der Waals surface area (Å²) in [7, 11) is 1.62. The van der Waals surface area contributed by atoms with Gasteiger partial charge in [0, 0.05) is 36.5 Å². The summed E-state index contributed by atoms with van der Waals surface area (Å²) in [6, 6.07) is 5.74. The van der Waals surface area contributed by atoms with Crippen LogP contribution in [0.25, 0.3) is 10.9 Å². The summed E-state index contributed by atoms with van der Waals surface area (Å²) in [6.07, 6.45) is 1.87. The monoisotopic (exact) mass is 262 g/mol. The molecular formula is C14H18N2O3. The third kappa shape index (κ3) is 2.88. The Hall–Kier alpha value is -2.01. The van der Waals surface area contributed by atoms with E-state index < -0.39 is 0 Å². The van der Waals surface area contributed by atoms with Crippen molar-refractivity contribution in [3.8, 4) is 5.75 Å². The Balaban J connectivity index is 2.33. The largest absolute Gasteiger partial charge is 0.497 e. The van der Waals surface area contributed by atoms with Crippen LogP contribution in [0.4, 0.5) is 0 Å². The van der Waals surface area contributed by atoms with Crippen molar-refractivity contribution in [2.24, 2.45) is 0 Å². The molecule has 5 heteroatoms. The topological polar surface area (TPSA) is 74.3 Å². The number of carbonyl (C=O) groups excluding carboxylic acids is 1. The average molecular weight is 262 g/mol. The molecule has 0 saturated heterocycles.